The van der Waals surface area contributed by atoms with Crippen LogP contribution in [0.25, 0.3) is 0 Å². The summed E-state index contributed by atoms with van der Waals surface area (Å²) in [5.74, 6) is 0. The van der Waals surface area contributed by atoms with Crippen molar-refractivity contribution in [2.75, 3.05) is 5.32 Å². The average molecular weight is 367 g/mol. The van der Waals surface area contributed by atoms with Gasteiger partial charge in [0.25, 0.3) is 5.69 Å². The Morgan fingerprint density at radius 2 is 2.14 bits per heavy atom. The van der Waals surface area contributed by atoms with Gasteiger partial charge in [-0.1, -0.05) is 22.9 Å². The molecule has 0 saturated heterocycles. The summed E-state index contributed by atoms with van der Waals surface area (Å²) in [6.07, 6.45) is 0.806. The molecule has 1 unspecified atom stereocenters. The van der Waals surface area contributed by atoms with Gasteiger partial charge in [0.05, 0.1) is 16.7 Å². The smallest absolute Gasteiger partial charge is 0.293 e. The summed E-state index contributed by atoms with van der Waals surface area (Å²) in [4.78, 5) is 10.9. The number of halogens is 1. The fourth-order valence-corrected chi connectivity index (χ4v) is 2.99. The van der Waals surface area contributed by atoms with Crippen LogP contribution in [0.3, 0.4) is 0 Å². The summed E-state index contributed by atoms with van der Waals surface area (Å²) in [5.41, 5.74) is 3.69. The molecular weight excluding hydrogens is 348 g/mol. The molecule has 6 nitrogen and oxygen atoms in total. The molecule has 0 aliphatic rings. The number of hydrogen-bond acceptors (Lipinski definition) is 4. The Labute approximate surface area is 137 Å². The lowest BCUT2D eigenvalue weighted by atomic mass is 10.0. The van der Waals surface area contributed by atoms with Gasteiger partial charge in [-0.15, -0.1) is 0 Å². The molecule has 0 fully saturated rings. The Bertz CT molecular complexity index is 712. The highest BCUT2D eigenvalue weighted by atomic mass is 79.9. The molecular formula is C15H19BrN4O2. The van der Waals surface area contributed by atoms with E-state index in [9.17, 15) is 10.1 Å². The molecule has 1 heterocycles. The van der Waals surface area contributed by atoms with Crippen LogP contribution in [0.15, 0.2) is 22.7 Å². The van der Waals surface area contributed by atoms with Crippen LogP contribution in [0.1, 0.15) is 36.3 Å². The highest BCUT2D eigenvalue weighted by Crippen LogP contribution is 2.33. The number of rotatable bonds is 5. The maximum Gasteiger partial charge on any atom is 0.293 e. The number of nitro groups is 1. The van der Waals surface area contributed by atoms with E-state index in [1.807, 2.05) is 32.5 Å². The second-order valence-corrected chi connectivity index (χ2v) is 6.15. The van der Waals surface area contributed by atoms with E-state index in [1.54, 1.807) is 12.1 Å². The number of aryl methyl sites for hydroxylation is 2. The molecule has 2 aromatic rings. The van der Waals surface area contributed by atoms with Crippen molar-refractivity contribution in [3.05, 3.63) is 49.7 Å². The first-order valence-electron chi connectivity index (χ1n) is 7.05. The van der Waals surface area contributed by atoms with Gasteiger partial charge in [-0.3, -0.25) is 14.8 Å². The van der Waals surface area contributed by atoms with Gasteiger partial charge in [-0.2, -0.15) is 5.10 Å². The number of nitro benzene ring substituents is 1. The first-order chi connectivity index (χ1) is 10.3. The molecule has 1 aromatic heterocycles. The van der Waals surface area contributed by atoms with Crippen molar-refractivity contribution in [1.82, 2.24) is 9.78 Å². The van der Waals surface area contributed by atoms with Crippen LogP contribution in [-0.4, -0.2) is 14.7 Å². The van der Waals surface area contributed by atoms with Crippen LogP contribution in [0.2, 0.25) is 0 Å². The minimum absolute atomic E-state index is 0.0198. The fourth-order valence-electron chi connectivity index (χ4n) is 2.64. The lowest BCUT2D eigenvalue weighted by Gasteiger charge is -2.19. The van der Waals surface area contributed by atoms with E-state index in [0.717, 1.165) is 23.4 Å². The third kappa shape index (κ3) is 3.14. The minimum atomic E-state index is -0.372. The molecule has 1 atom stereocenters. The zero-order valence-electron chi connectivity index (χ0n) is 13.1. The molecule has 118 valence electrons. The second kappa shape index (κ2) is 6.48. The predicted molar refractivity (Wildman–Crippen MR) is 90.1 cm³/mol. The van der Waals surface area contributed by atoms with Crippen molar-refractivity contribution in [2.45, 2.75) is 33.2 Å². The van der Waals surface area contributed by atoms with Crippen molar-refractivity contribution in [2.24, 2.45) is 7.05 Å². The predicted octanol–water partition coefficient (Wildman–Crippen LogP) is 4.27. The lowest BCUT2D eigenvalue weighted by Crippen LogP contribution is -2.13. The molecule has 1 N–H and O–H groups in total. The first kappa shape index (κ1) is 16.5. The van der Waals surface area contributed by atoms with Crippen LogP contribution < -0.4 is 5.32 Å². The SMILES string of the molecule is CCC(Nc1ccc(Br)cc1[N+](=O)[O-])c1c(C)nn(C)c1C. The third-order valence-corrected chi connectivity index (χ3v) is 4.30. The number of nitrogens with zero attached hydrogens (tertiary/aromatic N) is 3. The van der Waals surface area contributed by atoms with E-state index < -0.39 is 0 Å². The van der Waals surface area contributed by atoms with E-state index in [2.05, 4.69) is 26.3 Å². The molecule has 0 aliphatic heterocycles. The maximum absolute atomic E-state index is 11.2. The molecule has 0 spiro atoms. The van der Waals surface area contributed by atoms with E-state index in [1.165, 1.54) is 6.07 Å². The maximum atomic E-state index is 11.2. The molecule has 1 aromatic carbocycles. The number of anilines is 1. The fraction of sp³-hybridized carbons (Fsp3) is 0.400. The average Bonchev–Trinajstić information content (AvgIpc) is 2.71. The normalized spacial score (nSPS) is 12.2. The van der Waals surface area contributed by atoms with Gasteiger partial charge < -0.3 is 5.32 Å². The molecule has 0 radical (unpaired) electrons. The van der Waals surface area contributed by atoms with Crippen molar-refractivity contribution in [1.29, 1.82) is 0 Å². The summed E-state index contributed by atoms with van der Waals surface area (Å²) in [7, 11) is 1.90. The first-order valence-corrected chi connectivity index (χ1v) is 7.85. The van der Waals surface area contributed by atoms with Gasteiger partial charge >= 0.3 is 0 Å². The zero-order chi connectivity index (χ0) is 16.4. The molecule has 0 saturated carbocycles. The monoisotopic (exact) mass is 366 g/mol. The van der Waals surface area contributed by atoms with Crippen LogP contribution >= 0.6 is 15.9 Å². The number of hydrogen-bond donors (Lipinski definition) is 1. The van der Waals surface area contributed by atoms with Crippen molar-refractivity contribution in [3.8, 4) is 0 Å². The van der Waals surface area contributed by atoms with E-state index in [0.29, 0.717) is 10.2 Å². The van der Waals surface area contributed by atoms with Crippen LogP contribution in [0.4, 0.5) is 11.4 Å². The van der Waals surface area contributed by atoms with Gasteiger partial charge in [0.2, 0.25) is 0 Å². The summed E-state index contributed by atoms with van der Waals surface area (Å²) in [5, 5.41) is 19.0. The van der Waals surface area contributed by atoms with E-state index in [-0.39, 0.29) is 16.7 Å². The van der Waals surface area contributed by atoms with Gasteiger partial charge in [0.15, 0.2) is 0 Å². The zero-order valence-corrected chi connectivity index (χ0v) is 14.6. The quantitative estimate of drug-likeness (QED) is 0.633. The van der Waals surface area contributed by atoms with Gasteiger partial charge in [0, 0.05) is 28.8 Å². The lowest BCUT2D eigenvalue weighted by molar-refractivity contribution is -0.384. The molecule has 22 heavy (non-hydrogen) atoms. The van der Waals surface area contributed by atoms with Gasteiger partial charge in [-0.05, 0) is 32.4 Å². The minimum Gasteiger partial charge on any atom is -0.373 e. The van der Waals surface area contributed by atoms with E-state index in [4.69, 9.17) is 0 Å². The summed E-state index contributed by atoms with van der Waals surface area (Å²) >= 11 is 3.27. The van der Waals surface area contributed by atoms with Crippen molar-refractivity contribution in [3.63, 3.8) is 0 Å². The Kier molecular flexibility index (Phi) is 4.85. The largest absolute Gasteiger partial charge is 0.373 e. The second-order valence-electron chi connectivity index (χ2n) is 5.23. The molecule has 0 aliphatic carbocycles. The van der Waals surface area contributed by atoms with Gasteiger partial charge in [-0.25, -0.2) is 0 Å². The molecule has 0 amide bonds. The van der Waals surface area contributed by atoms with Crippen LogP contribution in [-0.2, 0) is 7.05 Å². The summed E-state index contributed by atoms with van der Waals surface area (Å²) in [6, 6.07) is 5.02. The van der Waals surface area contributed by atoms with Crippen molar-refractivity contribution < 1.29 is 4.92 Å². The number of nitrogens with one attached hydrogen (secondary N) is 1. The Morgan fingerprint density at radius 1 is 1.45 bits per heavy atom. The topological polar surface area (TPSA) is 73.0 Å². The molecule has 2 rings (SSSR count). The Hall–Kier alpha value is -1.89. The third-order valence-electron chi connectivity index (χ3n) is 3.81. The molecule has 0 bridgehead atoms. The Morgan fingerprint density at radius 3 is 2.64 bits per heavy atom. The summed E-state index contributed by atoms with van der Waals surface area (Å²) in [6.45, 7) is 6.02. The molecule has 7 heteroatoms. The van der Waals surface area contributed by atoms with Crippen LogP contribution in [0.5, 0.6) is 0 Å². The standard InChI is InChI=1S/C15H19BrN4O2/c1-5-12(15-9(2)18-19(4)10(15)3)17-13-7-6-11(16)8-14(13)20(21)22/h6-8,12,17H,5H2,1-4H3. The van der Waals surface area contributed by atoms with Gasteiger partial charge in [0.1, 0.15) is 5.69 Å². The van der Waals surface area contributed by atoms with Crippen LogP contribution in [0, 0.1) is 24.0 Å². The number of benzene rings is 1. The van der Waals surface area contributed by atoms with E-state index >= 15 is 0 Å². The number of aromatic nitrogens is 2. The highest BCUT2D eigenvalue weighted by molar-refractivity contribution is 9.10. The summed E-state index contributed by atoms with van der Waals surface area (Å²) < 4.78 is 2.52. The highest BCUT2D eigenvalue weighted by Gasteiger charge is 2.22. The Balaban J connectivity index is 2.41. The van der Waals surface area contributed by atoms with Crippen molar-refractivity contribution >= 4 is 27.3 Å².